The SMILES string of the molecule is FC(F)(F)[C@H]1CN(c2nc(-c3ccccc3)cs2)CCO1. The molecule has 1 aromatic heterocycles. The van der Waals surface area contributed by atoms with Crippen molar-refractivity contribution in [1.29, 1.82) is 0 Å². The lowest BCUT2D eigenvalue weighted by Gasteiger charge is -2.33. The lowest BCUT2D eigenvalue weighted by molar-refractivity contribution is -0.221. The van der Waals surface area contributed by atoms with Gasteiger partial charge in [-0.15, -0.1) is 11.3 Å². The number of ether oxygens (including phenoxy) is 1. The van der Waals surface area contributed by atoms with Gasteiger partial charge in [0.25, 0.3) is 0 Å². The zero-order valence-corrected chi connectivity index (χ0v) is 11.8. The molecule has 0 aliphatic carbocycles. The number of hydrogen-bond donors (Lipinski definition) is 0. The van der Waals surface area contributed by atoms with Gasteiger partial charge in [0, 0.05) is 17.5 Å². The summed E-state index contributed by atoms with van der Waals surface area (Å²) in [5.74, 6) is 0. The Balaban J connectivity index is 1.77. The number of aromatic nitrogens is 1. The molecule has 3 rings (SSSR count). The van der Waals surface area contributed by atoms with Gasteiger partial charge in [0.05, 0.1) is 18.8 Å². The molecule has 1 saturated heterocycles. The zero-order chi connectivity index (χ0) is 14.9. The monoisotopic (exact) mass is 314 g/mol. The van der Waals surface area contributed by atoms with E-state index < -0.39 is 12.3 Å². The maximum absolute atomic E-state index is 12.7. The van der Waals surface area contributed by atoms with Crippen molar-refractivity contribution in [3.63, 3.8) is 0 Å². The lowest BCUT2D eigenvalue weighted by Crippen LogP contribution is -2.49. The average Bonchev–Trinajstić information content (AvgIpc) is 2.97. The van der Waals surface area contributed by atoms with Gasteiger partial charge in [-0.25, -0.2) is 4.98 Å². The Kier molecular flexibility index (Phi) is 3.86. The minimum Gasteiger partial charge on any atom is -0.365 e. The topological polar surface area (TPSA) is 25.4 Å². The minimum absolute atomic E-state index is 0.0599. The maximum Gasteiger partial charge on any atom is 0.416 e. The molecule has 0 bridgehead atoms. The Morgan fingerprint density at radius 1 is 1.24 bits per heavy atom. The molecule has 0 spiro atoms. The molecule has 7 heteroatoms. The standard InChI is InChI=1S/C14H13F3N2OS/c15-14(16,17)12-8-19(6-7-20-12)13-18-11(9-21-13)10-4-2-1-3-5-10/h1-5,9,12H,6-8H2/t12-/m1/s1. The van der Waals surface area contributed by atoms with Crippen LogP contribution in [0.15, 0.2) is 35.7 Å². The molecular formula is C14H13F3N2OS. The fourth-order valence-electron chi connectivity index (χ4n) is 2.17. The van der Waals surface area contributed by atoms with Crippen LogP contribution in [0.3, 0.4) is 0 Å². The molecule has 0 N–H and O–H groups in total. The highest BCUT2D eigenvalue weighted by Gasteiger charge is 2.43. The third-order valence-electron chi connectivity index (χ3n) is 3.26. The molecule has 21 heavy (non-hydrogen) atoms. The van der Waals surface area contributed by atoms with E-state index in [1.165, 1.54) is 11.3 Å². The number of benzene rings is 1. The van der Waals surface area contributed by atoms with Gasteiger partial charge in [-0.05, 0) is 0 Å². The molecule has 2 heterocycles. The number of hydrogen-bond acceptors (Lipinski definition) is 4. The molecule has 2 aromatic rings. The predicted molar refractivity (Wildman–Crippen MR) is 75.6 cm³/mol. The number of halogens is 3. The summed E-state index contributed by atoms with van der Waals surface area (Å²) in [6.07, 6.45) is -6.08. The van der Waals surface area contributed by atoms with E-state index in [1.807, 2.05) is 35.7 Å². The molecule has 1 fully saturated rings. The number of thiazole rings is 1. The number of anilines is 1. The number of morpholine rings is 1. The fourth-order valence-corrected chi connectivity index (χ4v) is 3.04. The van der Waals surface area contributed by atoms with Gasteiger partial charge in [0.15, 0.2) is 11.2 Å². The summed E-state index contributed by atoms with van der Waals surface area (Å²) < 4.78 is 43.0. The summed E-state index contributed by atoms with van der Waals surface area (Å²) in [4.78, 5) is 6.08. The Labute approximate surface area is 124 Å². The maximum atomic E-state index is 12.7. The van der Waals surface area contributed by atoms with Crippen LogP contribution >= 0.6 is 11.3 Å². The third-order valence-corrected chi connectivity index (χ3v) is 4.17. The van der Waals surface area contributed by atoms with Gasteiger partial charge < -0.3 is 9.64 Å². The van der Waals surface area contributed by atoms with E-state index in [1.54, 1.807) is 4.90 Å². The first-order chi connectivity index (χ1) is 10.0. The fraction of sp³-hybridized carbons (Fsp3) is 0.357. The highest BCUT2D eigenvalue weighted by atomic mass is 32.1. The molecular weight excluding hydrogens is 301 g/mol. The molecule has 1 aliphatic rings. The zero-order valence-electron chi connectivity index (χ0n) is 11.0. The third kappa shape index (κ3) is 3.19. The molecule has 0 amide bonds. The first kappa shape index (κ1) is 14.3. The first-order valence-corrected chi connectivity index (χ1v) is 7.36. The van der Waals surface area contributed by atoms with E-state index in [-0.39, 0.29) is 13.2 Å². The van der Waals surface area contributed by atoms with Crippen molar-refractivity contribution in [2.24, 2.45) is 0 Å². The molecule has 0 unspecified atom stereocenters. The number of alkyl halides is 3. The Morgan fingerprint density at radius 3 is 2.71 bits per heavy atom. The minimum atomic E-state index is -4.34. The van der Waals surface area contributed by atoms with Crippen molar-refractivity contribution in [1.82, 2.24) is 4.98 Å². The second-order valence-electron chi connectivity index (χ2n) is 4.73. The normalized spacial score (nSPS) is 19.8. The predicted octanol–water partition coefficient (Wildman–Crippen LogP) is 3.58. The summed E-state index contributed by atoms with van der Waals surface area (Å²) in [5, 5.41) is 2.47. The molecule has 1 atom stereocenters. The average molecular weight is 314 g/mol. The van der Waals surface area contributed by atoms with Gasteiger partial charge in [-0.1, -0.05) is 30.3 Å². The van der Waals surface area contributed by atoms with E-state index >= 15 is 0 Å². The Bertz CT molecular complexity index is 600. The highest BCUT2D eigenvalue weighted by molar-refractivity contribution is 7.14. The summed E-state index contributed by atoms with van der Waals surface area (Å²) in [6, 6.07) is 9.57. The summed E-state index contributed by atoms with van der Waals surface area (Å²) >= 11 is 1.36. The van der Waals surface area contributed by atoms with Crippen molar-refractivity contribution < 1.29 is 17.9 Å². The quantitative estimate of drug-likeness (QED) is 0.847. The molecule has 1 aliphatic heterocycles. The van der Waals surface area contributed by atoms with Crippen molar-refractivity contribution in [3.8, 4) is 11.3 Å². The van der Waals surface area contributed by atoms with Crippen LogP contribution in [0.4, 0.5) is 18.3 Å². The summed E-state index contributed by atoms with van der Waals surface area (Å²) in [7, 11) is 0. The van der Waals surface area contributed by atoms with Crippen molar-refractivity contribution in [3.05, 3.63) is 35.7 Å². The van der Waals surface area contributed by atoms with Crippen LogP contribution in [-0.2, 0) is 4.74 Å². The van der Waals surface area contributed by atoms with Crippen molar-refractivity contribution >= 4 is 16.5 Å². The van der Waals surface area contributed by atoms with Gasteiger partial charge >= 0.3 is 6.18 Å². The molecule has 112 valence electrons. The second kappa shape index (κ2) is 5.65. The van der Waals surface area contributed by atoms with E-state index in [2.05, 4.69) is 4.98 Å². The lowest BCUT2D eigenvalue weighted by atomic mass is 10.2. The van der Waals surface area contributed by atoms with Crippen LogP contribution in [0.25, 0.3) is 11.3 Å². The van der Waals surface area contributed by atoms with E-state index in [9.17, 15) is 13.2 Å². The molecule has 0 radical (unpaired) electrons. The van der Waals surface area contributed by atoms with Crippen LogP contribution in [0.1, 0.15) is 0 Å². The number of nitrogens with zero attached hydrogens (tertiary/aromatic N) is 2. The van der Waals surface area contributed by atoms with Gasteiger partial charge in [0.1, 0.15) is 0 Å². The Hall–Kier alpha value is -1.60. The largest absolute Gasteiger partial charge is 0.416 e. The highest BCUT2D eigenvalue weighted by Crippen LogP contribution is 2.31. The van der Waals surface area contributed by atoms with Crippen LogP contribution in [-0.4, -0.2) is 37.0 Å². The van der Waals surface area contributed by atoms with Crippen molar-refractivity contribution in [2.75, 3.05) is 24.6 Å². The van der Waals surface area contributed by atoms with E-state index in [0.29, 0.717) is 11.7 Å². The molecule has 0 saturated carbocycles. The second-order valence-corrected chi connectivity index (χ2v) is 5.56. The van der Waals surface area contributed by atoms with Gasteiger partial charge in [0.2, 0.25) is 0 Å². The number of rotatable bonds is 2. The van der Waals surface area contributed by atoms with Crippen molar-refractivity contribution in [2.45, 2.75) is 12.3 Å². The van der Waals surface area contributed by atoms with Crippen LogP contribution in [0.5, 0.6) is 0 Å². The summed E-state index contributed by atoms with van der Waals surface area (Å²) in [6.45, 7) is 0.282. The summed E-state index contributed by atoms with van der Waals surface area (Å²) in [5.41, 5.74) is 1.74. The van der Waals surface area contributed by atoms with Crippen LogP contribution in [0.2, 0.25) is 0 Å². The van der Waals surface area contributed by atoms with Crippen LogP contribution < -0.4 is 4.90 Å². The first-order valence-electron chi connectivity index (χ1n) is 6.48. The van der Waals surface area contributed by atoms with Gasteiger partial charge in [-0.3, -0.25) is 0 Å². The van der Waals surface area contributed by atoms with E-state index in [0.717, 1.165) is 11.3 Å². The molecule has 1 aromatic carbocycles. The smallest absolute Gasteiger partial charge is 0.365 e. The van der Waals surface area contributed by atoms with Gasteiger partial charge in [-0.2, -0.15) is 13.2 Å². The van der Waals surface area contributed by atoms with Crippen LogP contribution in [0, 0.1) is 0 Å². The Morgan fingerprint density at radius 2 is 2.00 bits per heavy atom. The molecule has 3 nitrogen and oxygen atoms in total. The van der Waals surface area contributed by atoms with E-state index in [4.69, 9.17) is 4.74 Å².